The first-order valence-corrected chi connectivity index (χ1v) is 11.9. The Balaban J connectivity index is 1.62. The first-order chi connectivity index (χ1) is 16.6. The summed E-state index contributed by atoms with van der Waals surface area (Å²) < 4.78 is 13.0. The zero-order chi connectivity index (χ0) is 23.9. The molecule has 0 saturated carbocycles. The molecule has 0 atom stereocenters. The summed E-state index contributed by atoms with van der Waals surface area (Å²) in [7, 11) is 0. The Hall–Kier alpha value is -3.58. The second-order valence-electron chi connectivity index (χ2n) is 8.18. The van der Waals surface area contributed by atoms with Crippen LogP contribution in [0, 0.1) is 5.41 Å². The van der Waals surface area contributed by atoms with E-state index in [0.29, 0.717) is 18.0 Å². The number of nitrogens with zero attached hydrogens (tertiary/aromatic N) is 3. The van der Waals surface area contributed by atoms with Gasteiger partial charge >= 0.3 is 0 Å². The predicted molar refractivity (Wildman–Crippen MR) is 137 cm³/mol. The van der Waals surface area contributed by atoms with E-state index >= 15 is 0 Å². The van der Waals surface area contributed by atoms with Crippen LogP contribution in [-0.4, -0.2) is 46.5 Å². The van der Waals surface area contributed by atoms with Gasteiger partial charge in [0.2, 0.25) is 0 Å². The van der Waals surface area contributed by atoms with Gasteiger partial charge in [-0.25, -0.2) is 4.98 Å². The second kappa shape index (κ2) is 11.0. The Bertz CT molecular complexity index is 1210. The number of rotatable bonds is 11. The van der Waals surface area contributed by atoms with Gasteiger partial charge in [-0.15, -0.1) is 0 Å². The van der Waals surface area contributed by atoms with Crippen LogP contribution >= 0.6 is 0 Å². The number of aromatic nitrogens is 2. The van der Waals surface area contributed by atoms with Crippen LogP contribution in [-0.2, 0) is 13.0 Å². The summed E-state index contributed by atoms with van der Waals surface area (Å²) in [6.45, 7) is 11.0. The molecule has 2 aromatic heterocycles. The number of fused-ring (bicyclic) bond motifs is 1. The van der Waals surface area contributed by atoms with Crippen molar-refractivity contribution < 1.29 is 9.15 Å². The highest BCUT2D eigenvalue weighted by Crippen LogP contribution is 2.24. The van der Waals surface area contributed by atoms with E-state index in [-0.39, 0.29) is 0 Å². The molecule has 7 nitrogen and oxygen atoms in total. The zero-order valence-corrected chi connectivity index (χ0v) is 20.2. The summed E-state index contributed by atoms with van der Waals surface area (Å²) in [4.78, 5) is 7.44. The molecule has 0 spiro atoms. The second-order valence-corrected chi connectivity index (χ2v) is 8.18. The number of likely N-dealkylation sites (N-methyl/N-ethyl adjacent to an activating group) is 1. The lowest BCUT2D eigenvalue weighted by Crippen LogP contribution is -2.27. The Morgan fingerprint density at radius 1 is 1.09 bits per heavy atom. The first-order valence-electron chi connectivity index (χ1n) is 11.9. The molecule has 0 amide bonds. The fourth-order valence-corrected chi connectivity index (χ4v) is 4.10. The molecule has 0 aliphatic carbocycles. The quantitative estimate of drug-likeness (QED) is 0.232. The van der Waals surface area contributed by atoms with Crippen LogP contribution in [0.2, 0.25) is 0 Å². The lowest BCUT2D eigenvalue weighted by atomic mass is 10.1. The molecular formula is C27H33N5O2. The molecule has 2 aromatic carbocycles. The third-order valence-corrected chi connectivity index (χ3v) is 6.04. The fraction of sp³-hybridized carbons (Fsp3) is 0.333. The largest absolute Gasteiger partial charge is 0.494 e. The highest BCUT2D eigenvalue weighted by atomic mass is 16.5. The van der Waals surface area contributed by atoms with Crippen molar-refractivity contribution >= 4 is 22.6 Å². The van der Waals surface area contributed by atoms with Crippen molar-refractivity contribution in [2.45, 2.75) is 33.7 Å². The Morgan fingerprint density at radius 2 is 1.88 bits per heavy atom. The minimum Gasteiger partial charge on any atom is -0.494 e. The SMILES string of the molecule is CCOc1ccc(Cc2nc3cc(NC(=N)c4ccoc4)ccc3n2CCN(CC)CC)cc1. The molecule has 0 aliphatic heterocycles. The number of furan rings is 1. The van der Waals surface area contributed by atoms with Gasteiger partial charge in [0.25, 0.3) is 0 Å². The van der Waals surface area contributed by atoms with Gasteiger partial charge in [0.05, 0.1) is 29.5 Å². The van der Waals surface area contributed by atoms with Crippen LogP contribution in [0.4, 0.5) is 5.69 Å². The molecule has 178 valence electrons. The maximum Gasteiger partial charge on any atom is 0.133 e. The molecular weight excluding hydrogens is 426 g/mol. The van der Waals surface area contributed by atoms with Crippen molar-refractivity contribution in [3.63, 3.8) is 0 Å². The summed E-state index contributed by atoms with van der Waals surface area (Å²) in [6, 6.07) is 16.1. The lowest BCUT2D eigenvalue weighted by Gasteiger charge is -2.19. The fourth-order valence-electron chi connectivity index (χ4n) is 4.10. The summed E-state index contributed by atoms with van der Waals surface area (Å²) in [5, 5.41) is 11.4. The van der Waals surface area contributed by atoms with E-state index in [1.54, 1.807) is 18.6 Å². The molecule has 7 heteroatoms. The number of imidazole rings is 1. The van der Waals surface area contributed by atoms with E-state index in [0.717, 1.165) is 60.9 Å². The standard InChI is InChI=1S/C27H33N5O2/c1-4-31(5-2)14-15-32-25-12-9-22(29-27(28)21-13-16-33-19-21)18-24(25)30-26(32)17-20-7-10-23(11-8-20)34-6-3/h7-13,16,18-19H,4-6,14-15,17H2,1-3H3,(H2,28,29). The number of nitrogens with one attached hydrogen (secondary N) is 2. The van der Waals surface area contributed by atoms with Gasteiger partial charge < -0.3 is 23.9 Å². The average molecular weight is 460 g/mol. The molecule has 2 heterocycles. The van der Waals surface area contributed by atoms with Crippen LogP contribution in [0.25, 0.3) is 11.0 Å². The van der Waals surface area contributed by atoms with Crippen molar-refractivity contribution in [3.8, 4) is 5.75 Å². The summed E-state index contributed by atoms with van der Waals surface area (Å²) in [5.41, 5.74) is 4.77. The van der Waals surface area contributed by atoms with Crippen molar-refractivity contribution in [2.75, 3.05) is 31.6 Å². The van der Waals surface area contributed by atoms with Crippen LogP contribution in [0.15, 0.2) is 65.5 Å². The summed E-state index contributed by atoms with van der Waals surface area (Å²) >= 11 is 0. The van der Waals surface area contributed by atoms with E-state index in [4.69, 9.17) is 19.5 Å². The van der Waals surface area contributed by atoms with Crippen molar-refractivity contribution in [1.29, 1.82) is 5.41 Å². The topological polar surface area (TPSA) is 79.3 Å². The van der Waals surface area contributed by atoms with E-state index in [1.165, 1.54) is 5.56 Å². The first kappa shape index (κ1) is 23.6. The van der Waals surface area contributed by atoms with Gasteiger partial charge in [0.1, 0.15) is 23.7 Å². The number of anilines is 1. The lowest BCUT2D eigenvalue weighted by molar-refractivity contribution is 0.291. The minimum atomic E-state index is 0.295. The van der Waals surface area contributed by atoms with Crippen molar-refractivity contribution in [1.82, 2.24) is 14.5 Å². The van der Waals surface area contributed by atoms with Crippen molar-refractivity contribution in [3.05, 3.63) is 78.0 Å². The average Bonchev–Trinajstić information content (AvgIpc) is 3.50. The Labute approximate surface area is 200 Å². The maximum absolute atomic E-state index is 8.28. The molecule has 4 rings (SSSR count). The Kier molecular flexibility index (Phi) is 7.65. The third kappa shape index (κ3) is 5.48. The summed E-state index contributed by atoms with van der Waals surface area (Å²) in [5.74, 6) is 2.22. The van der Waals surface area contributed by atoms with E-state index in [1.807, 2.05) is 31.2 Å². The number of benzene rings is 2. The highest BCUT2D eigenvalue weighted by molar-refractivity contribution is 6.06. The third-order valence-electron chi connectivity index (χ3n) is 6.04. The Morgan fingerprint density at radius 3 is 2.56 bits per heavy atom. The van der Waals surface area contributed by atoms with Gasteiger partial charge in [0, 0.05) is 25.2 Å². The molecule has 0 saturated heterocycles. The number of hydrogen-bond acceptors (Lipinski definition) is 5. The molecule has 2 N–H and O–H groups in total. The van der Waals surface area contributed by atoms with Gasteiger partial charge in [-0.05, 0) is 62.0 Å². The predicted octanol–water partition coefficient (Wildman–Crippen LogP) is 5.40. The van der Waals surface area contributed by atoms with Crippen LogP contribution in [0.3, 0.4) is 0 Å². The van der Waals surface area contributed by atoms with Crippen molar-refractivity contribution in [2.24, 2.45) is 0 Å². The molecule has 0 bridgehead atoms. The van der Waals surface area contributed by atoms with Crippen LogP contribution < -0.4 is 10.1 Å². The van der Waals surface area contributed by atoms with Gasteiger partial charge in [-0.1, -0.05) is 26.0 Å². The zero-order valence-electron chi connectivity index (χ0n) is 20.2. The molecule has 0 radical (unpaired) electrons. The molecule has 4 aromatic rings. The number of ether oxygens (including phenoxy) is 1. The molecule has 34 heavy (non-hydrogen) atoms. The smallest absolute Gasteiger partial charge is 0.133 e. The molecule has 0 unspecified atom stereocenters. The van der Waals surface area contributed by atoms with E-state index in [2.05, 4.69) is 46.8 Å². The monoisotopic (exact) mass is 459 g/mol. The van der Waals surface area contributed by atoms with Gasteiger partial charge in [-0.2, -0.15) is 0 Å². The number of hydrogen-bond donors (Lipinski definition) is 2. The number of amidine groups is 1. The van der Waals surface area contributed by atoms with E-state index < -0.39 is 0 Å². The maximum atomic E-state index is 8.28. The van der Waals surface area contributed by atoms with E-state index in [9.17, 15) is 0 Å². The van der Waals surface area contributed by atoms with Gasteiger partial charge in [0.15, 0.2) is 0 Å². The highest BCUT2D eigenvalue weighted by Gasteiger charge is 2.14. The molecule has 0 aliphatic rings. The normalized spacial score (nSPS) is 11.3. The summed E-state index contributed by atoms with van der Waals surface area (Å²) in [6.07, 6.45) is 3.87. The molecule has 0 fully saturated rings. The van der Waals surface area contributed by atoms with Crippen LogP contribution in [0.5, 0.6) is 5.75 Å². The van der Waals surface area contributed by atoms with Gasteiger partial charge in [-0.3, -0.25) is 5.41 Å². The minimum absolute atomic E-state index is 0.295. The van der Waals surface area contributed by atoms with Crippen LogP contribution in [0.1, 0.15) is 37.7 Å².